The fourth-order valence-electron chi connectivity index (χ4n) is 3.17. The Bertz CT molecular complexity index is 731. The van der Waals surface area contributed by atoms with E-state index >= 15 is 0 Å². The van der Waals surface area contributed by atoms with Crippen molar-refractivity contribution in [3.63, 3.8) is 0 Å². The van der Waals surface area contributed by atoms with Crippen LogP contribution in [0.4, 0.5) is 0 Å². The molecule has 1 aromatic carbocycles. The number of nitrogens with zero attached hydrogens (tertiary/aromatic N) is 1. The van der Waals surface area contributed by atoms with Crippen LogP contribution in [0.25, 0.3) is 0 Å². The van der Waals surface area contributed by atoms with E-state index in [-0.39, 0.29) is 17.6 Å². The van der Waals surface area contributed by atoms with Crippen LogP contribution in [-0.2, 0) is 0 Å². The Balaban J connectivity index is 1.63. The maximum atomic E-state index is 12.7. The first-order valence-corrected chi connectivity index (χ1v) is 8.99. The minimum absolute atomic E-state index is 0.00909. The number of amides is 1. The van der Waals surface area contributed by atoms with Gasteiger partial charge in [0.05, 0.1) is 12.0 Å². The molecular formula is C19H21NO3S. The third kappa shape index (κ3) is 3.36. The van der Waals surface area contributed by atoms with E-state index in [0.717, 1.165) is 34.6 Å². The third-order valence-electron chi connectivity index (χ3n) is 4.56. The van der Waals surface area contributed by atoms with Crippen molar-refractivity contribution in [1.82, 2.24) is 4.90 Å². The Morgan fingerprint density at radius 1 is 1.21 bits per heavy atom. The Kier molecular flexibility index (Phi) is 5.00. The van der Waals surface area contributed by atoms with Crippen molar-refractivity contribution in [2.24, 2.45) is 5.92 Å². The lowest BCUT2D eigenvalue weighted by molar-refractivity contribution is 0.0654. The second-order valence-corrected chi connectivity index (χ2v) is 7.04. The molecule has 3 rings (SSSR count). The van der Waals surface area contributed by atoms with Gasteiger partial charge in [-0.25, -0.2) is 0 Å². The standard InChI is InChI=1S/C19H21NO3S/c1-13-12-15(5-6-16(13)23-2)18(21)14-7-9-20(10-8-14)19(22)17-4-3-11-24-17/h3-6,11-12,14H,7-10H2,1-2H3. The summed E-state index contributed by atoms with van der Waals surface area (Å²) in [6.07, 6.45) is 1.45. The SMILES string of the molecule is COc1ccc(C(=O)C2CCN(C(=O)c3cccs3)CC2)cc1C. The summed E-state index contributed by atoms with van der Waals surface area (Å²) in [7, 11) is 1.63. The van der Waals surface area contributed by atoms with E-state index in [9.17, 15) is 9.59 Å². The number of hydrogen-bond acceptors (Lipinski definition) is 4. The fourth-order valence-corrected chi connectivity index (χ4v) is 3.86. The van der Waals surface area contributed by atoms with Crippen molar-refractivity contribution in [1.29, 1.82) is 0 Å². The van der Waals surface area contributed by atoms with Crippen molar-refractivity contribution in [2.75, 3.05) is 20.2 Å². The van der Waals surface area contributed by atoms with Crippen LogP contribution in [0.1, 0.15) is 38.4 Å². The first-order chi connectivity index (χ1) is 11.6. The van der Waals surface area contributed by atoms with Gasteiger partial charge in [-0.05, 0) is 55.0 Å². The van der Waals surface area contributed by atoms with Crippen molar-refractivity contribution >= 4 is 23.0 Å². The van der Waals surface area contributed by atoms with Gasteiger partial charge in [0.15, 0.2) is 5.78 Å². The molecule has 24 heavy (non-hydrogen) atoms. The van der Waals surface area contributed by atoms with Crippen molar-refractivity contribution in [3.05, 3.63) is 51.7 Å². The number of carbonyl (C=O) groups excluding carboxylic acids is 2. The van der Waals surface area contributed by atoms with E-state index in [2.05, 4.69) is 0 Å². The number of likely N-dealkylation sites (tertiary alicyclic amines) is 1. The topological polar surface area (TPSA) is 46.6 Å². The zero-order chi connectivity index (χ0) is 17.1. The third-order valence-corrected chi connectivity index (χ3v) is 5.42. The van der Waals surface area contributed by atoms with E-state index in [1.807, 2.05) is 47.5 Å². The van der Waals surface area contributed by atoms with Crippen molar-refractivity contribution < 1.29 is 14.3 Å². The summed E-state index contributed by atoms with van der Waals surface area (Å²) in [5, 5.41) is 1.91. The van der Waals surface area contributed by atoms with Gasteiger partial charge in [-0.2, -0.15) is 0 Å². The van der Waals surface area contributed by atoms with Gasteiger partial charge >= 0.3 is 0 Å². The molecule has 1 aliphatic rings. The summed E-state index contributed by atoms with van der Waals surface area (Å²) in [5.41, 5.74) is 1.70. The molecule has 2 heterocycles. The van der Waals surface area contributed by atoms with Gasteiger partial charge in [-0.3, -0.25) is 9.59 Å². The molecule has 0 saturated carbocycles. The molecule has 126 valence electrons. The highest BCUT2D eigenvalue weighted by molar-refractivity contribution is 7.12. The molecule has 0 radical (unpaired) electrons. The molecule has 4 nitrogen and oxygen atoms in total. The molecule has 0 N–H and O–H groups in total. The maximum absolute atomic E-state index is 12.7. The minimum atomic E-state index is -0.00909. The molecule has 0 bridgehead atoms. The number of benzene rings is 1. The second-order valence-electron chi connectivity index (χ2n) is 6.09. The van der Waals surface area contributed by atoms with E-state index in [1.165, 1.54) is 11.3 Å². The first-order valence-electron chi connectivity index (χ1n) is 8.12. The van der Waals surface area contributed by atoms with Crippen molar-refractivity contribution in [3.8, 4) is 5.75 Å². The average molecular weight is 343 g/mol. The minimum Gasteiger partial charge on any atom is -0.496 e. The first kappa shape index (κ1) is 16.7. The number of rotatable bonds is 4. The van der Waals surface area contributed by atoms with Gasteiger partial charge in [0.1, 0.15) is 5.75 Å². The number of carbonyl (C=O) groups is 2. The predicted octanol–water partition coefficient (Wildman–Crippen LogP) is 3.80. The Labute approximate surface area is 146 Å². The molecule has 0 atom stereocenters. The Hall–Kier alpha value is -2.14. The number of ketones is 1. The van der Waals surface area contributed by atoms with Crippen LogP contribution in [-0.4, -0.2) is 36.8 Å². The molecule has 1 aliphatic heterocycles. The lowest BCUT2D eigenvalue weighted by atomic mass is 9.88. The fraction of sp³-hybridized carbons (Fsp3) is 0.368. The molecule has 1 saturated heterocycles. The van der Waals surface area contributed by atoms with Crippen LogP contribution in [0.2, 0.25) is 0 Å². The van der Waals surface area contributed by atoms with Gasteiger partial charge in [-0.1, -0.05) is 6.07 Å². The van der Waals surface area contributed by atoms with E-state index in [4.69, 9.17) is 4.74 Å². The molecule has 1 aromatic heterocycles. The zero-order valence-corrected chi connectivity index (χ0v) is 14.8. The van der Waals surface area contributed by atoms with Gasteiger partial charge in [0, 0.05) is 24.6 Å². The smallest absolute Gasteiger partial charge is 0.263 e. The zero-order valence-electron chi connectivity index (χ0n) is 14.0. The quantitative estimate of drug-likeness (QED) is 0.793. The number of piperidine rings is 1. The maximum Gasteiger partial charge on any atom is 0.263 e. The highest BCUT2D eigenvalue weighted by atomic mass is 32.1. The molecule has 1 fully saturated rings. The van der Waals surface area contributed by atoms with Crippen LogP contribution in [0.3, 0.4) is 0 Å². The van der Waals surface area contributed by atoms with Crippen LogP contribution in [0, 0.1) is 12.8 Å². The summed E-state index contributed by atoms with van der Waals surface area (Å²) in [5.74, 6) is 1.04. The predicted molar refractivity (Wildman–Crippen MR) is 95.0 cm³/mol. The number of methoxy groups -OCH3 is 1. The summed E-state index contributed by atoms with van der Waals surface area (Å²) >= 11 is 1.46. The van der Waals surface area contributed by atoms with Crippen LogP contribution in [0.15, 0.2) is 35.7 Å². The number of ether oxygens (including phenoxy) is 1. The lowest BCUT2D eigenvalue weighted by Gasteiger charge is -2.31. The molecule has 0 spiro atoms. The van der Waals surface area contributed by atoms with Crippen LogP contribution >= 0.6 is 11.3 Å². The van der Waals surface area contributed by atoms with Crippen LogP contribution < -0.4 is 4.74 Å². The number of hydrogen-bond donors (Lipinski definition) is 0. The molecule has 5 heteroatoms. The summed E-state index contributed by atoms with van der Waals surface area (Å²) in [4.78, 5) is 27.7. The monoisotopic (exact) mass is 343 g/mol. The van der Waals surface area contributed by atoms with Gasteiger partial charge in [0.2, 0.25) is 0 Å². The van der Waals surface area contributed by atoms with Gasteiger partial charge in [-0.15, -0.1) is 11.3 Å². The second kappa shape index (κ2) is 7.18. The Morgan fingerprint density at radius 2 is 1.96 bits per heavy atom. The summed E-state index contributed by atoms with van der Waals surface area (Å²) in [6.45, 7) is 3.22. The van der Waals surface area contributed by atoms with E-state index in [1.54, 1.807) is 7.11 Å². The van der Waals surface area contributed by atoms with Crippen LogP contribution in [0.5, 0.6) is 5.75 Å². The van der Waals surface area contributed by atoms with E-state index in [0.29, 0.717) is 13.1 Å². The number of aryl methyl sites for hydroxylation is 1. The lowest BCUT2D eigenvalue weighted by Crippen LogP contribution is -2.40. The molecular weight excluding hydrogens is 322 g/mol. The highest BCUT2D eigenvalue weighted by Gasteiger charge is 2.28. The molecule has 1 amide bonds. The van der Waals surface area contributed by atoms with Gasteiger partial charge in [0.25, 0.3) is 5.91 Å². The number of thiophene rings is 1. The largest absolute Gasteiger partial charge is 0.496 e. The number of Topliss-reactive ketones (excluding diaryl/α,β-unsaturated/α-hetero) is 1. The highest BCUT2D eigenvalue weighted by Crippen LogP contribution is 2.26. The molecule has 2 aromatic rings. The van der Waals surface area contributed by atoms with Crippen molar-refractivity contribution in [2.45, 2.75) is 19.8 Å². The average Bonchev–Trinajstić information content (AvgIpc) is 3.15. The Morgan fingerprint density at radius 3 is 2.54 bits per heavy atom. The summed E-state index contributed by atoms with van der Waals surface area (Å²) in [6, 6.07) is 9.31. The molecule has 0 aliphatic carbocycles. The summed E-state index contributed by atoms with van der Waals surface area (Å²) < 4.78 is 5.25. The normalized spacial score (nSPS) is 15.3. The molecule has 0 unspecified atom stereocenters. The van der Waals surface area contributed by atoms with Gasteiger partial charge < -0.3 is 9.64 Å². The van der Waals surface area contributed by atoms with E-state index < -0.39 is 0 Å².